The molecule has 0 amide bonds. The van der Waals surface area contributed by atoms with Gasteiger partial charge in [-0.1, -0.05) is 13.8 Å². The van der Waals surface area contributed by atoms with Gasteiger partial charge in [-0.15, -0.1) is 0 Å². The summed E-state index contributed by atoms with van der Waals surface area (Å²) in [6.45, 7) is 13.9. The van der Waals surface area contributed by atoms with Crippen LogP contribution in [0.1, 0.15) is 54.4 Å². The fourth-order valence-corrected chi connectivity index (χ4v) is 0.638. The summed E-state index contributed by atoms with van der Waals surface area (Å²) < 4.78 is 0. The molecular formula is C14H28N4. The molecule has 0 aliphatic rings. The Labute approximate surface area is 112 Å². The van der Waals surface area contributed by atoms with Crippen LogP contribution in [0.5, 0.6) is 0 Å². The van der Waals surface area contributed by atoms with Crippen LogP contribution in [0.15, 0.2) is 20.0 Å². The Kier molecular flexibility index (Phi) is 16.7. The highest BCUT2D eigenvalue weighted by Crippen LogP contribution is 1.84. The number of hydrogen-bond donors (Lipinski definition) is 0. The number of nitrogens with zero attached hydrogens (tertiary/aromatic N) is 4. The van der Waals surface area contributed by atoms with Crippen LogP contribution >= 0.6 is 0 Å². The Morgan fingerprint density at radius 1 is 0.722 bits per heavy atom. The minimum absolute atomic E-state index is 0.312. The molecule has 0 bridgehead atoms. The van der Waals surface area contributed by atoms with Crippen molar-refractivity contribution in [3.05, 3.63) is 0 Å². The van der Waals surface area contributed by atoms with Crippen molar-refractivity contribution < 1.29 is 0 Å². The van der Waals surface area contributed by atoms with E-state index in [0.717, 1.165) is 25.9 Å². The Balaban J connectivity index is 0. The first kappa shape index (κ1) is 19.1. The highest BCUT2D eigenvalue weighted by molar-refractivity contribution is 5.41. The van der Waals surface area contributed by atoms with E-state index in [9.17, 15) is 0 Å². The van der Waals surface area contributed by atoms with Crippen molar-refractivity contribution >= 4 is 12.0 Å². The Morgan fingerprint density at radius 2 is 1.11 bits per heavy atom. The van der Waals surface area contributed by atoms with E-state index in [4.69, 9.17) is 0 Å². The standard InChI is InChI=1S/2C7H14N2/c1-6(2)8-5-9-7(3)4;1-3-5-8-7-9-6-4-2/h6-7H,1-4H3;3-6H2,1-2H3. The lowest BCUT2D eigenvalue weighted by molar-refractivity contribution is 0.818. The fraction of sp³-hybridized carbons (Fsp3) is 0.857. The predicted molar refractivity (Wildman–Crippen MR) is 80.3 cm³/mol. The lowest BCUT2D eigenvalue weighted by Crippen LogP contribution is -1.88. The summed E-state index contributed by atoms with van der Waals surface area (Å²) in [4.78, 5) is 15.7. The molecule has 0 atom stereocenters. The molecule has 0 aromatic rings. The normalized spacial score (nSPS) is 8.89. The Hall–Kier alpha value is -1.24. The van der Waals surface area contributed by atoms with Crippen molar-refractivity contribution in [3.8, 4) is 0 Å². The van der Waals surface area contributed by atoms with Gasteiger partial charge >= 0.3 is 0 Å². The number of rotatable bonds is 6. The SMILES string of the molecule is CC(C)N=C=NC(C)C.CCCN=C=NCCC. The first-order valence-corrected chi connectivity index (χ1v) is 6.77. The maximum atomic E-state index is 3.95. The lowest BCUT2D eigenvalue weighted by Gasteiger charge is -1.89. The lowest BCUT2D eigenvalue weighted by atomic mass is 10.4. The molecule has 104 valence electrons. The fourth-order valence-electron chi connectivity index (χ4n) is 0.638. The largest absolute Gasteiger partial charge is 0.226 e. The van der Waals surface area contributed by atoms with E-state index in [-0.39, 0.29) is 0 Å². The molecule has 0 N–H and O–H groups in total. The van der Waals surface area contributed by atoms with Crippen LogP contribution in [0.3, 0.4) is 0 Å². The zero-order valence-corrected chi connectivity index (χ0v) is 12.8. The average Bonchev–Trinajstić information content (AvgIpc) is 2.29. The second kappa shape index (κ2) is 15.8. The topological polar surface area (TPSA) is 49.4 Å². The molecule has 0 unspecified atom stereocenters. The van der Waals surface area contributed by atoms with E-state index in [2.05, 4.69) is 45.8 Å². The molecule has 18 heavy (non-hydrogen) atoms. The molecule has 0 saturated heterocycles. The third-order valence-electron chi connectivity index (χ3n) is 1.44. The minimum atomic E-state index is 0.312. The van der Waals surface area contributed by atoms with Gasteiger partial charge in [0.05, 0.1) is 24.1 Å². The zero-order chi connectivity index (χ0) is 14.2. The highest BCUT2D eigenvalue weighted by atomic mass is 14.8. The quantitative estimate of drug-likeness (QED) is 0.643. The molecule has 0 saturated carbocycles. The average molecular weight is 252 g/mol. The van der Waals surface area contributed by atoms with Crippen molar-refractivity contribution in [3.63, 3.8) is 0 Å². The van der Waals surface area contributed by atoms with Gasteiger partial charge < -0.3 is 0 Å². The molecule has 0 aliphatic carbocycles. The summed E-state index contributed by atoms with van der Waals surface area (Å²) in [5.41, 5.74) is 0. The maximum Gasteiger partial charge on any atom is 0.0897 e. The molecule has 0 aliphatic heterocycles. The molecule has 0 rings (SSSR count). The summed E-state index contributed by atoms with van der Waals surface area (Å²) in [6, 6.07) is 5.90. The van der Waals surface area contributed by atoms with Crippen LogP contribution in [0.25, 0.3) is 0 Å². The molecule has 0 fully saturated rings. The highest BCUT2D eigenvalue weighted by Gasteiger charge is 1.82. The number of aliphatic imine (C=N–C) groups is 4. The maximum absolute atomic E-state index is 3.95. The van der Waals surface area contributed by atoms with Crippen molar-refractivity contribution in [2.75, 3.05) is 13.1 Å². The van der Waals surface area contributed by atoms with E-state index in [1.165, 1.54) is 0 Å². The van der Waals surface area contributed by atoms with Crippen molar-refractivity contribution in [2.24, 2.45) is 20.0 Å². The van der Waals surface area contributed by atoms with E-state index in [1.807, 2.05) is 27.7 Å². The smallest absolute Gasteiger partial charge is 0.0897 e. The predicted octanol–water partition coefficient (Wildman–Crippen LogP) is 3.96. The molecule has 4 heteroatoms. The van der Waals surface area contributed by atoms with Gasteiger partial charge in [-0.3, -0.25) is 0 Å². The second-order valence-electron chi connectivity index (χ2n) is 4.41. The third kappa shape index (κ3) is 24.1. The molecule has 4 nitrogen and oxygen atoms in total. The first-order chi connectivity index (χ1) is 8.54. The van der Waals surface area contributed by atoms with Gasteiger partial charge in [-0.05, 0) is 40.5 Å². The van der Waals surface area contributed by atoms with Crippen LogP contribution in [0.4, 0.5) is 0 Å². The van der Waals surface area contributed by atoms with Gasteiger partial charge in [0.1, 0.15) is 0 Å². The molecule has 0 aromatic carbocycles. The molecular weight excluding hydrogens is 224 g/mol. The summed E-state index contributed by atoms with van der Waals surface area (Å²) in [7, 11) is 0. The first-order valence-electron chi connectivity index (χ1n) is 6.77. The molecule has 0 heterocycles. The van der Waals surface area contributed by atoms with Crippen molar-refractivity contribution in [1.82, 2.24) is 0 Å². The van der Waals surface area contributed by atoms with Gasteiger partial charge in [0, 0.05) is 13.1 Å². The Morgan fingerprint density at radius 3 is 1.39 bits per heavy atom. The monoisotopic (exact) mass is 252 g/mol. The van der Waals surface area contributed by atoms with Gasteiger partial charge in [0.15, 0.2) is 0 Å². The van der Waals surface area contributed by atoms with Crippen molar-refractivity contribution in [1.29, 1.82) is 0 Å². The molecule has 0 aromatic heterocycles. The van der Waals surface area contributed by atoms with Crippen LogP contribution < -0.4 is 0 Å². The van der Waals surface area contributed by atoms with Gasteiger partial charge in [-0.25, -0.2) is 20.0 Å². The molecule has 0 radical (unpaired) electrons. The second-order valence-corrected chi connectivity index (χ2v) is 4.41. The minimum Gasteiger partial charge on any atom is -0.226 e. The summed E-state index contributed by atoms with van der Waals surface area (Å²) in [5.74, 6) is 0. The molecule has 0 spiro atoms. The Bertz CT molecular complexity index is 258. The van der Waals surface area contributed by atoms with Crippen LogP contribution in [0.2, 0.25) is 0 Å². The van der Waals surface area contributed by atoms with E-state index < -0.39 is 0 Å². The summed E-state index contributed by atoms with van der Waals surface area (Å²) in [6.07, 6.45) is 2.16. The van der Waals surface area contributed by atoms with Gasteiger partial charge in [0.25, 0.3) is 0 Å². The van der Waals surface area contributed by atoms with E-state index in [1.54, 1.807) is 0 Å². The third-order valence-corrected chi connectivity index (χ3v) is 1.44. The van der Waals surface area contributed by atoms with Gasteiger partial charge in [0.2, 0.25) is 0 Å². The van der Waals surface area contributed by atoms with E-state index in [0.29, 0.717) is 12.1 Å². The van der Waals surface area contributed by atoms with Crippen LogP contribution in [-0.2, 0) is 0 Å². The van der Waals surface area contributed by atoms with Crippen LogP contribution in [0, 0.1) is 0 Å². The van der Waals surface area contributed by atoms with E-state index >= 15 is 0 Å². The van der Waals surface area contributed by atoms with Crippen LogP contribution in [-0.4, -0.2) is 37.2 Å². The summed E-state index contributed by atoms with van der Waals surface area (Å²) in [5, 5.41) is 0. The van der Waals surface area contributed by atoms with Crippen molar-refractivity contribution in [2.45, 2.75) is 66.5 Å². The number of hydrogen-bond acceptors (Lipinski definition) is 4. The summed E-state index contributed by atoms with van der Waals surface area (Å²) >= 11 is 0. The zero-order valence-electron chi connectivity index (χ0n) is 12.8. The van der Waals surface area contributed by atoms with Gasteiger partial charge in [-0.2, -0.15) is 0 Å².